The fraction of sp³-hybridized carbons (Fsp3) is 0.308. The highest BCUT2D eigenvalue weighted by molar-refractivity contribution is 5.21. The van der Waals surface area contributed by atoms with Crippen LogP contribution < -0.4 is 5.32 Å². The van der Waals surface area contributed by atoms with Gasteiger partial charge in [-0.2, -0.15) is 5.10 Å². The summed E-state index contributed by atoms with van der Waals surface area (Å²) in [5, 5.41) is 7.20. The van der Waals surface area contributed by atoms with Gasteiger partial charge in [0.1, 0.15) is 11.6 Å². The molecule has 5 heteroatoms. The summed E-state index contributed by atoms with van der Waals surface area (Å²) in [4.78, 5) is 0. The van der Waals surface area contributed by atoms with E-state index in [1.165, 1.54) is 6.07 Å². The van der Waals surface area contributed by atoms with E-state index in [0.717, 1.165) is 12.1 Å². The molecule has 0 aliphatic carbocycles. The lowest BCUT2D eigenvalue weighted by Crippen LogP contribution is -2.24. The Hall–Kier alpha value is -1.75. The van der Waals surface area contributed by atoms with Gasteiger partial charge in [-0.25, -0.2) is 8.78 Å². The first-order valence-electron chi connectivity index (χ1n) is 5.82. The third-order valence-electron chi connectivity index (χ3n) is 2.78. The molecule has 96 valence electrons. The van der Waals surface area contributed by atoms with Gasteiger partial charge >= 0.3 is 0 Å². The first-order chi connectivity index (χ1) is 8.66. The highest BCUT2D eigenvalue weighted by Crippen LogP contribution is 2.17. The van der Waals surface area contributed by atoms with Crippen LogP contribution >= 0.6 is 0 Å². The second-order valence-corrected chi connectivity index (χ2v) is 4.11. The lowest BCUT2D eigenvalue weighted by Gasteiger charge is -2.15. The van der Waals surface area contributed by atoms with Crippen LogP contribution in [-0.2, 0) is 6.54 Å². The summed E-state index contributed by atoms with van der Waals surface area (Å²) < 4.78 is 28.3. The van der Waals surface area contributed by atoms with Crippen molar-refractivity contribution in [2.24, 2.45) is 0 Å². The van der Waals surface area contributed by atoms with Crippen LogP contribution in [0.2, 0.25) is 0 Å². The van der Waals surface area contributed by atoms with Crippen LogP contribution in [-0.4, -0.2) is 16.3 Å². The number of nitrogens with one attached hydrogen (secondary N) is 1. The maximum atomic E-state index is 13.5. The van der Waals surface area contributed by atoms with E-state index >= 15 is 0 Å². The van der Waals surface area contributed by atoms with Crippen molar-refractivity contribution in [2.75, 3.05) is 6.54 Å². The molecule has 1 aromatic heterocycles. The Morgan fingerprint density at radius 1 is 1.39 bits per heavy atom. The molecule has 1 heterocycles. The molecule has 0 amide bonds. The van der Waals surface area contributed by atoms with E-state index in [1.54, 1.807) is 17.8 Å². The Morgan fingerprint density at radius 2 is 2.22 bits per heavy atom. The number of aromatic nitrogens is 2. The third-order valence-corrected chi connectivity index (χ3v) is 2.78. The number of benzene rings is 1. The fourth-order valence-electron chi connectivity index (χ4n) is 1.78. The van der Waals surface area contributed by atoms with E-state index in [-0.39, 0.29) is 6.04 Å². The molecule has 0 radical (unpaired) electrons. The average molecular weight is 251 g/mol. The van der Waals surface area contributed by atoms with Crippen molar-refractivity contribution < 1.29 is 8.78 Å². The zero-order valence-electron chi connectivity index (χ0n) is 10.1. The summed E-state index contributed by atoms with van der Waals surface area (Å²) in [6, 6.07) is 5.10. The summed E-state index contributed by atoms with van der Waals surface area (Å²) >= 11 is 0. The third kappa shape index (κ3) is 3.13. The van der Waals surface area contributed by atoms with E-state index < -0.39 is 11.6 Å². The monoisotopic (exact) mass is 251 g/mol. The Morgan fingerprint density at radius 3 is 2.94 bits per heavy atom. The molecule has 2 rings (SSSR count). The Kier molecular flexibility index (Phi) is 4.04. The predicted octanol–water partition coefficient (Wildman–Crippen LogP) is 2.51. The van der Waals surface area contributed by atoms with E-state index in [9.17, 15) is 8.78 Å². The van der Waals surface area contributed by atoms with Gasteiger partial charge in [0, 0.05) is 30.5 Å². The molecule has 0 aliphatic heterocycles. The maximum Gasteiger partial charge on any atom is 0.128 e. The maximum absolute atomic E-state index is 13.5. The van der Waals surface area contributed by atoms with Gasteiger partial charge in [-0.1, -0.05) is 0 Å². The molecule has 0 bridgehead atoms. The van der Waals surface area contributed by atoms with Crippen molar-refractivity contribution in [3.63, 3.8) is 0 Å². The van der Waals surface area contributed by atoms with Crippen molar-refractivity contribution in [1.82, 2.24) is 15.1 Å². The van der Waals surface area contributed by atoms with Crippen LogP contribution in [0.25, 0.3) is 0 Å². The van der Waals surface area contributed by atoms with E-state index in [2.05, 4.69) is 10.4 Å². The second kappa shape index (κ2) is 5.73. The molecule has 0 aliphatic rings. The SMILES string of the molecule is CC(NCCn1cccn1)c1cc(F)ccc1F. The van der Waals surface area contributed by atoms with Crippen molar-refractivity contribution in [3.05, 3.63) is 53.9 Å². The van der Waals surface area contributed by atoms with E-state index in [4.69, 9.17) is 0 Å². The quantitative estimate of drug-likeness (QED) is 0.885. The van der Waals surface area contributed by atoms with E-state index in [1.807, 2.05) is 12.3 Å². The molecule has 0 saturated carbocycles. The molecule has 3 nitrogen and oxygen atoms in total. The predicted molar refractivity (Wildman–Crippen MR) is 65.0 cm³/mol. The van der Waals surface area contributed by atoms with Crippen LogP contribution in [0.3, 0.4) is 0 Å². The standard InChI is InChI=1S/C13H15F2N3/c1-10(12-9-11(14)3-4-13(12)15)16-6-8-18-7-2-5-17-18/h2-5,7,9-10,16H,6,8H2,1H3. The zero-order chi connectivity index (χ0) is 13.0. The molecule has 0 spiro atoms. The van der Waals surface area contributed by atoms with Crippen molar-refractivity contribution >= 4 is 0 Å². The van der Waals surface area contributed by atoms with E-state index in [0.29, 0.717) is 18.7 Å². The molecule has 2 aromatic rings. The molecule has 18 heavy (non-hydrogen) atoms. The molecule has 0 saturated heterocycles. The minimum absolute atomic E-state index is 0.240. The first-order valence-corrected chi connectivity index (χ1v) is 5.82. The van der Waals surface area contributed by atoms with Gasteiger partial charge in [0.05, 0.1) is 6.54 Å². The lowest BCUT2D eigenvalue weighted by atomic mass is 10.1. The molecule has 1 unspecified atom stereocenters. The average Bonchev–Trinajstić information content (AvgIpc) is 2.85. The van der Waals surface area contributed by atoms with Crippen LogP contribution in [0, 0.1) is 11.6 Å². The Labute approximate surface area is 104 Å². The molecule has 1 aromatic carbocycles. The summed E-state index contributed by atoms with van der Waals surface area (Å²) in [5.74, 6) is -0.817. The van der Waals surface area contributed by atoms with Crippen molar-refractivity contribution in [2.45, 2.75) is 19.5 Å². The van der Waals surface area contributed by atoms with Gasteiger partial charge in [0.25, 0.3) is 0 Å². The molecule has 1 atom stereocenters. The summed E-state index contributed by atoms with van der Waals surface area (Å²) in [5.41, 5.74) is 0.343. The number of nitrogens with zero attached hydrogens (tertiary/aromatic N) is 2. The number of hydrogen-bond donors (Lipinski definition) is 1. The highest BCUT2D eigenvalue weighted by Gasteiger charge is 2.11. The Bertz CT molecular complexity index is 497. The zero-order valence-corrected chi connectivity index (χ0v) is 10.1. The highest BCUT2D eigenvalue weighted by atomic mass is 19.1. The van der Waals surface area contributed by atoms with Crippen LogP contribution in [0.1, 0.15) is 18.5 Å². The summed E-state index contributed by atoms with van der Waals surface area (Å²) in [7, 11) is 0. The normalized spacial score (nSPS) is 12.6. The van der Waals surface area contributed by atoms with Gasteiger partial charge in [0.15, 0.2) is 0 Å². The van der Waals surface area contributed by atoms with Crippen LogP contribution in [0.15, 0.2) is 36.7 Å². The van der Waals surface area contributed by atoms with Gasteiger partial charge in [-0.05, 0) is 31.2 Å². The van der Waals surface area contributed by atoms with Gasteiger partial charge in [-0.15, -0.1) is 0 Å². The first kappa shape index (κ1) is 12.7. The number of rotatable bonds is 5. The number of halogens is 2. The van der Waals surface area contributed by atoms with Gasteiger partial charge in [-0.3, -0.25) is 4.68 Å². The molecule has 0 fully saturated rings. The minimum atomic E-state index is -0.424. The minimum Gasteiger partial charge on any atom is -0.308 e. The number of hydrogen-bond acceptors (Lipinski definition) is 2. The van der Waals surface area contributed by atoms with Gasteiger partial charge < -0.3 is 5.32 Å². The van der Waals surface area contributed by atoms with Crippen molar-refractivity contribution in [1.29, 1.82) is 0 Å². The smallest absolute Gasteiger partial charge is 0.128 e. The molecular formula is C13H15F2N3. The second-order valence-electron chi connectivity index (χ2n) is 4.11. The topological polar surface area (TPSA) is 29.9 Å². The fourth-order valence-corrected chi connectivity index (χ4v) is 1.78. The van der Waals surface area contributed by atoms with Gasteiger partial charge in [0.2, 0.25) is 0 Å². The van der Waals surface area contributed by atoms with Crippen LogP contribution in [0.4, 0.5) is 8.78 Å². The lowest BCUT2D eigenvalue weighted by molar-refractivity contribution is 0.485. The Balaban J connectivity index is 1.91. The van der Waals surface area contributed by atoms with Crippen LogP contribution in [0.5, 0.6) is 0 Å². The summed E-state index contributed by atoms with van der Waals surface area (Å²) in [6.07, 6.45) is 3.56. The summed E-state index contributed by atoms with van der Waals surface area (Å²) in [6.45, 7) is 3.13. The van der Waals surface area contributed by atoms with Crippen molar-refractivity contribution in [3.8, 4) is 0 Å². The molecular weight excluding hydrogens is 236 g/mol. The molecule has 1 N–H and O–H groups in total. The largest absolute Gasteiger partial charge is 0.308 e.